The number of Topliss-reactive ketones (excluding diaryl/α,β-unsaturated/α-hetero) is 1. The molecule has 9 heteroatoms. The summed E-state index contributed by atoms with van der Waals surface area (Å²) in [5.41, 5.74) is 28.3. The fourth-order valence-electron chi connectivity index (χ4n) is 6.44. The van der Waals surface area contributed by atoms with Gasteiger partial charge < -0.3 is 25.6 Å². The molecule has 0 saturated heterocycles. The number of H-pyrrole nitrogens is 1. The van der Waals surface area contributed by atoms with E-state index in [0.29, 0.717) is 12.0 Å². The number of aromatic nitrogens is 3. The SMILES string of the molecule is Cc1cc(CC(=O)c2ccc(C)c(C)c2)cc(-n2cccc2)c1.Cc1cc(N)cc(-n2ccc(C)c2)c1.Cc1cc(N)cc(Br)c1.Cc1cc[nH]c1.Cc1ccc(C(=O)Cl)cc1C. The second-order valence-corrected chi connectivity index (χ2v) is 17.1. The van der Waals surface area contributed by atoms with Gasteiger partial charge in [-0.05, 0) is 221 Å². The summed E-state index contributed by atoms with van der Waals surface area (Å²) in [5.74, 6) is 0.164. The van der Waals surface area contributed by atoms with Crippen LogP contribution in [0.1, 0.15) is 76.4 Å². The second kappa shape index (κ2) is 23.8. The lowest BCUT2D eigenvalue weighted by atomic mass is 9.98. The molecule has 0 aliphatic rings. The number of nitrogen functional groups attached to an aromatic ring is 2. The molecular formula is C54H59BrClN5O2. The molecular weight excluding hydrogens is 866 g/mol. The standard InChI is InChI=1S/C21H21NO.C12H14N2.C9H9ClO.C7H8BrN.C5H7N/c1-15-10-18(13-20(11-15)22-8-4-5-9-22)14-21(23)19-7-6-16(2)17(3)12-19;1-9-3-4-14(8-9)12-6-10(2)5-11(13)7-12;1-6-3-4-8(9(10)11)5-7(6)2;1-5-2-6(8)4-7(9)3-5;1-5-2-3-6-4-5/h4-13H,14H2,1-3H3;3-8H,13H2,1-2H3;3-5H,1-2H3;2-4H,9H2,1H3;2-4,6H,1H3. The van der Waals surface area contributed by atoms with E-state index >= 15 is 0 Å². The van der Waals surface area contributed by atoms with Crippen molar-refractivity contribution in [3.63, 3.8) is 0 Å². The molecule has 5 N–H and O–H groups in total. The third kappa shape index (κ3) is 16.5. The van der Waals surface area contributed by atoms with Gasteiger partial charge in [0.2, 0.25) is 0 Å². The molecule has 3 aromatic heterocycles. The number of carbonyl (C=O) groups is 2. The van der Waals surface area contributed by atoms with E-state index in [1.54, 1.807) is 12.1 Å². The van der Waals surface area contributed by atoms with Crippen LogP contribution in [0.15, 0.2) is 157 Å². The van der Waals surface area contributed by atoms with Gasteiger partial charge in [-0.1, -0.05) is 40.2 Å². The molecule has 0 aliphatic heterocycles. The number of anilines is 2. The maximum atomic E-state index is 12.6. The predicted octanol–water partition coefficient (Wildman–Crippen LogP) is 13.8. The smallest absolute Gasteiger partial charge is 0.252 e. The van der Waals surface area contributed by atoms with Crippen LogP contribution in [0.5, 0.6) is 0 Å². The Bertz CT molecular complexity index is 2660. The first-order valence-corrected chi connectivity index (χ1v) is 21.8. The summed E-state index contributed by atoms with van der Waals surface area (Å²) in [4.78, 5) is 26.2. The molecule has 0 saturated carbocycles. The van der Waals surface area contributed by atoms with E-state index in [0.717, 1.165) is 49.5 Å². The van der Waals surface area contributed by atoms with Gasteiger partial charge in [-0.25, -0.2) is 0 Å². The quantitative estimate of drug-likeness (QED) is 0.0876. The Morgan fingerprint density at radius 2 is 1.11 bits per heavy atom. The predicted molar refractivity (Wildman–Crippen MR) is 269 cm³/mol. The summed E-state index contributed by atoms with van der Waals surface area (Å²) < 4.78 is 5.19. The Kier molecular flexibility index (Phi) is 18.6. The van der Waals surface area contributed by atoms with Crippen molar-refractivity contribution < 1.29 is 9.59 Å². The number of aryl methyl sites for hydroxylation is 9. The summed E-state index contributed by atoms with van der Waals surface area (Å²) in [6.07, 6.45) is 12.5. The Morgan fingerprint density at radius 3 is 1.59 bits per heavy atom. The number of nitrogens with zero attached hydrogens (tertiary/aromatic N) is 2. The van der Waals surface area contributed by atoms with E-state index in [1.807, 2.05) is 131 Å². The third-order valence-electron chi connectivity index (χ3n) is 9.99. The Balaban J connectivity index is 0.000000187. The van der Waals surface area contributed by atoms with Crippen LogP contribution in [0.2, 0.25) is 0 Å². The lowest BCUT2D eigenvalue weighted by Crippen LogP contribution is -2.05. The number of nitrogens with one attached hydrogen (secondary N) is 1. The van der Waals surface area contributed by atoms with Gasteiger partial charge >= 0.3 is 0 Å². The average Bonchev–Trinajstić information content (AvgIpc) is 4.02. The normalized spacial score (nSPS) is 10.1. The molecule has 3 heterocycles. The number of nitrogens with two attached hydrogens (primary N) is 2. The first-order valence-electron chi connectivity index (χ1n) is 20.6. The van der Waals surface area contributed by atoms with E-state index in [-0.39, 0.29) is 5.78 Å². The van der Waals surface area contributed by atoms with Gasteiger partial charge in [0, 0.05) is 82.0 Å². The highest BCUT2D eigenvalue weighted by Crippen LogP contribution is 2.20. The Hall–Kier alpha value is -6.35. The van der Waals surface area contributed by atoms with E-state index in [2.05, 4.69) is 101 Å². The van der Waals surface area contributed by atoms with Crippen LogP contribution in [0.3, 0.4) is 0 Å². The van der Waals surface area contributed by atoms with Crippen molar-refractivity contribution in [2.75, 3.05) is 11.5 Å². The molecule has 63 heavy (non-hydrogen) atoms. The van der Waals surface area contributed by atoms with Crippen LogP contribution in [-0.2, 0) is 6.42 Å². The van der Waals surface area contributed by atoms with Crippen molar-refractivity contribution in [3.05, 3.63) is 224 Å². The van der Waals surface area contributed by atoms with Gasteiger partial charge in [-0.15, -0.1) is 0 Å². The van der Waals surface area contributed by atoms with Gasteiger partial charge in [-0.3, -0.25) is 9.59 Å². The van der Waals surface area contributed by atoms with Crippen molar-refractivity contribution in [1.82, 2.24) is 14.1 Å². The summed E-state index contributed by atoms with van der Waals surface area (Å²) >= 11 is 8.62. The number of benzene rings is 5. The molecule has 0 aliphatic carbocycles. The van der Waals surface area contributed by atoms with E-state index in [9.17, 15) is 9.59 Å². The van der Waals surface area contributed by atoms with Gasteiger partial charge in [-0.2, -0.15) is 0 Å². The minimum atomic E-state index is -0.395. The number of hydrogen-bond acceptors (Lipinski definition) is 4. The maximum Gasteiger partial charge on any atom is 0.252 e. The molecule has 326 valence electrons. The second-order valence-electron chi connectivity index (χ2n) is 15.9. The Labute approximate surface area is 386 Å². The van der Waals surface area contributed by atoms with E-state index in [4.69, 9.17) is 23.1 Å². The molecule has 0 amide bonds. The summed E-state index contributed by atoms with van der Waals surface area (Å²) in [5, 5.41) is -0.395. The highest BCUT2D eigenvalue weighted by atomic mass is 79.9. The summed E-state index contributed by atoms with van der Waals surface area (Å²) in [6, 6.07) is 37.7. The first-order chi connectivity index (χ1) is 29.9. The van der Waals surface area contributed by atoms with Gasteiger partial charge in [0.25, 0.3) is 5.24 Å². The molecule has 8 aromatic rings. The molecule has 0 unspecified atom stereocenters. The van der Waals surface area contributed by atoms with Crippen LogP contribution >= 0.6 is 27.5 Å². The maximum absolute atomic E-state index is 12.6. The molecule has 0 spiro atoms. The molecule has 0 fully saturated rings. The van der Waals surface area contributed by atoms with Gasteiger partial charge in [0.15, 0.2) is 5.78 Å². The van der Waals surface area contributed by atoms with Crippen LogP contribution in [-0.4, -0.2) is 25.1 Å². The van der Waals surface area contributed by atoms with Crippen molar-refractivity contribution in [3.8, 4) is 11.4 Å². The lowest BCUT2D eigenvalue weighted by molar-refractivity contribution is 0.0992. The van der Waals surface area contributed by atoms with Crippen LogP contribution < -0.4 is 11.5 Å². The number of hydrogen-bond donors (Lipinski definition) is 3. The minimum absolute atomic E-state index is 0.164. The highest BCUT2D eigenvalue weighted by Gasteiger charge is 2.10. The van der Waals surface area contributed by atoms with Crippen molar-refractivity contribution in [2.45, 2.75) is 68.7 Å². The molecule has 0 radical (unpaired) electrons. The fraction of sp³-hybridized carbons (Fsp3) is 0.185. The highest BCUT2D eigenvalue weighted by molar-refractivity contribution is 9.10. The molecule has 0 bridgehead atoms. The largest absolute Gasteiger partial charge is 0.399 e. The summed E-state index contributed by atoms with van der Waals surface area (Å²) in [6.45, 7) is 18.3. The lowest BCUT2D eigenvalue weighted by Gasteiger charge is -2.09. The topological polar surface area (TPSA) is 112 Å². The molecule has 0 atom stereocenters. The van der Waals surface area contributed by atoms with E-state index in [1.165, 1.54) is 38.9 Å². The van der Waals surface area contributed by atoms with Gasteiger partial charge in [0.1, 0.15) is 0 Å². The number of ketones is 1. The van der Waals surface area contributed by atoms with Crippen LogP contribution in [0.25, 0.3) is 11.4 Å². The van der Waals surface area contributed by atoms with Crippen molar-refractivity contribution >= 4 is 49.9 Å². The third-order valence-corrected chi connectivity index (χ3v) is 10.7. The Morgan fingerprint density at radius 1 is 0.556 bits per heavy atom. The molecule has 8 rings (SSSR count). The number of rotatable bonds is 6. The average molecular weight is 925 g/mol. The fourth-order valence-corrected chi connectivity index (χ4v) is 7.18. The molecule has 7 nitrogen and oxygen atoms in total. The monoisotopic (exact) mass is 923 g/mol. The minimum Gasteiger partial charge on any atom is -0.399 e. The number of halogens is 2. The number of aromatic amines is 1. The first kappa shape index (κ1) is 49.3. The summed E-state index contributed by atoms with van der Waals surface area (Å²) in [7, 11) is 0. The van der Waals surface area contributed by atoms with Crippen LogP contribution in [0, 0.1) is 62.3 Å². The van der Waals surface area contributed by atoms with Crippen molar-refractivity contribution in [2.24, 2.45) is 0 Å². The zero-order valence-electron chi connectivity index (χ0n) is 37.8. The van der Waals surface area contributed by atoms with E-state index < -0.39 is 5.24 Å². The van der Waals surface area contributed by atoms with Crippen LogP contribution in [0.4, 0.5) is 11.4 Å². The van der Waals surface area contributed by atoms with Gasteiger partial charge in [0.05, 0.1) is 0 Å². The zero-order chi connectivity index (χ0) is 46.2. The van der Waals surface area contributed by atoms with Crippen molar-refractivity contribution in [1.29, 1.82) is 0 Å². The molecule has 5 aromatic carbocycles. The number of carbonyl (C=O) groups excluding carboxylic acids is 2. The zero-order valence-corrected chi connectivity index (χ0v) is 40.1.